The van der Waals surface area contributed by atoms with Crippen molar-refractivity contribution in [2.75, 3.05) is 0 Å². The fourth-order valence-corrected chi connectivity index (χ4v) is 3.92. The largest absolute Gasteiger partial charge is 0.458 e. The molecule has 1 saturated carbocycles. The highest BCUT2D eigenvalue weighted by molar-refractivity contribution is 6.68. The maximum Gasteiger partial charge on any atom is 0.315 e. The van der Waals surface area contributed by atoms with Crippen LogP contribution in [-0.4, -0.2) is 38.6 Å². The molecule has 5 nitrogen and oxygen atoms in total. The van der Waals surface area contributed by atoms with Gasteiger partial charge in [0.25, 0.3) is 0 Å². The van der Waals surface area contributed by atoms with Crippen LogP contribution in [0.1, 0.15) is 33.1 Å². The number of carbonyl (C=O) groups is 2. The second kappa shape index (κ2) is 6.67. The predicted molar refractivity (Wildman–Crippen MR) is 91.4 cm³/mol. The van der Waals surface area contributed by atoms with Gasteiger partial charge in [-0.2, -0.15) is 0 Å². The number of hydrogen-bond acceptors (Lipinski definition) is 5. The Hall–Kier alpha value is 0.0900. The van der Waals surface area contributed by atoms with Gasteiger partial charge in [-0.3, -0.25) is 9.59 Å². The van der Waals surface area contributed by atoms with Gasteiger partial charge in [-0.25, -0.2) is 0 Å². The average molecular weight is 441 g/mol. The van der Waals surface area contributed by atoms with Gasteiger partial charge < -0.3 is 14.6 Å². The topological polar surface area (TPSA) is 72.8 Å². The van der Waals surface area contributed by atoms with Crippen LogP contribution in [0.25, 0.3) is 0 Å². The van der Waals surface area contributed by atoms with E-state index in [4.69, 9.17) is 67.5 Å². The van der Waals surface area contributed by atoms with Crippen LogP contribution in [0.5, 0.6) is 0 Å². The Labute approximate surface area is 164 Å². The smallest absolute Gasteiger partial charge is 0.315 e. The summed E-state index contributed by atoms with van der Waals surface area (Å²) in [6.07, 6.45) is -2.31. The summed E-state index contributed by atoms with van der Waals surface area (Å²) in [6, 6.07) is 0. The van der Waals surface area contributed by atoms with Gasteiger partial charge in [0.2, 0.25) is 3.79 Å². The van der Waals surface area contributed by atoms with Crippen LogP contribution < -0.4 is 0 Å². The molecule has 1 aliphatic heterocycles. The van der Waals surface area contributed by atoms with E-state index in [9.17, 15) is 14.7 Å². The van der Waals surface area contributed by atoms with E-state index in [-0.39, 0.29) is 23.8 Å². The van der Waals surface area contributed by atoms with E-state index < -0.39 is 39.0 Å². The molecule has 0 unspecified atom stereocenters. The lowest BCUT2D eigenvalue weighted by atomic mass is 9.59. The van der Waals surface area contributed by atoms with Crippen LogP contribution >= 0.6 is 58.0 Å². The number of esters is 2. The van der Waals surface area contributed by atoms with Gasteiger partial charge in [0.15, 0.2) is 6.10 Å². The van der Waals surface area contributed by atoms with Gasteiger partial charge >= 0.3 is 11.9 Å². The van der Waals surface area contributed by atoms with E-state index in [1.54, 1.807) is 0 Å². The van der Waals surface area contributed by atoms with E-state index in [1.165, 1.54) is 13.8 Å². The molecule has 0 bridgehead atoms. The molecule has 10 heteroatoms. The van der Waals surface area contributed by atoms with Gasteiger partial charge in [0.1, 0.15) is 10.6 Å². The van der Waals surface area contributed by atoms with Crippen LogP contribution in [0.4, 0.5) is 0 Å². The summed E-state index contributed by atoms with van der Waals surface area (Å²) in [5, 5.41) is 11.2. The monoisotopic (exact) mass is 438 g/mol. The minimum atomic E-state index is -1.90. The third-order valence-corrected chi connectivity index (χ3v) is 5.84. The first-order chi connectivity index (χ1) is 10.8. The van der Waals surface area contributed by atoms with Crippen molar-refractivity contribution in [1.29, 1.82) is 0 Å². The maximum absolute atomic E-state index is 12.5. The van der Waals surface area contributed by atoms with Gasteiger partial charge in [0, 0.05) is 25.3 Å². The van der Waals surface area contributed by atoms with Crippen LogP contribution in [0.2, 0.25) is 0 Å². The number of ether oxygens (including phenoxy) is 2. The van der Waals surface area contributed by atoms with Crippen molar-refractivity contribution >= 4 is 69.9 Å². The second-order valence-corrected chi connectivity index (χ2v) is 9.59. The standard InChI is InChI=1S/C14H15Cl5O5/c1-6(20)23-8-4-13(22)5-9(14(17,18)19)24-11(21)12(13,2)3-7(8)10(15)16/h8-9,22H,3-5H2,1-2H3/t8-,9+,12-,13+/m0/s1. The lowest BCUT2D eigenvalue weighted by molar-refractivity contribution is -0.217. The molecule has 1 heterocycles. The summed E-state index contributed by atoms with van der Waals surface area (Å²) in [4.78, 5) is 23.9. The molecule has 136 valence electrons. The molecule has 0 aromatic carbocycles. The molecule has 0 amide bonds. The normalized spacial score (nSPS) is 36.7. The summed E-state index contributed by atoms with van der Waals surface area (Å²) in [5.41, 5.74) is -2.64. The molecule has 24 heavy (non-hydrogen) atoms. The van der Waals surface area contributed by atoms with Crippen molar-refractivity contribution in [3.8, 4) is 0 Å². The Bertz CT molecular complexity index is 597. The Morgan fingerprint density at radius 1 is 1.33 bits per heavy atom. The van der Waals surface area contributed by atoms with Crippen LogP contribution in [-0.2, 0) is 19.1 Å². The highest BCUT2D eigenvalue weighted by Crippen LogP contribution is 2.56. The first-order valence-corrected chi connectivity index (χ1v) is 8.90. The van der Waals surface area contributed by atoms with E-state index in [1.807, 2.05) is 0 Å². The number of halogens is 5. The van der Waals surface area contributed by atoms with Crippen LogP contribution in [0.3, 0.4) is 0 Å². The number of cyclic esters (lactones) is 1. The number of aliphatic hydroxyl groups is 1. The Kier molecular flexibility index (Phi) is 5.67. The quantitative estimate of drug-likeness (QED) is 0.496. The van der Waals surface area contributed by atoms with Gasteiger partial charge in [-0.05, 0) is 13.3 Å². The zero-order valence-electron chi connectivity index (χ0n) is 12.7. The highest BCUT2D eigenvalue weighted by Gasteiger charge is 2.64. The van der Waals surface area contributed by atoms with E-state index >= 15 is 0 Å². The molecule has 1 aliphatic carbocycles. The molecule has 4 atom stereocenters. The lowest BCUT2D eigenvalue weighted by Gasteiger charge is -2.54. The van der Waals surface area contributed by atoms with Crippen LogP contribution in [0, 0.1) is 5.41 Å². The number of carbonyl (C=O) groups excluding carboxylic acids is 2. The number of hydrogen-bond donors (Lipinski definition) is 1. The molecule has 0 radical (unpaired) electrons. The van der Waals surface area contributed by atoms with Crippen molar-refractivity contribution in [3.63, 3.8) is 0 Å². The fraction of sp³-hybridized carbons (Fsp3) is 0.714. The number of fused-ring (bicyclic) bond motifs is 1. The summed E-state index contributed by atoms with van der Waals surface area (Å²) < 4.78 is 8.40. The summed E-state index contributed by atoms with van der Waals surface area (Å²) in [5.74, 6) is -1.31. The number of alkyl halides is 3. The highest BCUT2D eigenvalue weighted by atomic mass is 35.6. The van der Waals surface area contributed by atoms with Crippen molar-refractivity contribution < 1.29 is 24.2 Å². The summed E-state index contributed by atoms with van der Waals surface area (Å²) in [7, 11) is 0. The molecular formula is C14H15Cl5O5. The number of rotatable bonds is 1. The van der Waals surface area contributed by atoms with Gasteiger partial charge in [-0.15, -0.1) is 0 Å². The molecule has 2 fully saturated rings. The molecule has 0 aromatic heterocycles. The molecule has 2 aliphatic rings. The molecule has 2 rings (SSSR count). The molecule has 0 spiro atoms. The molecule has 0 aromatic rings. The van der Waals surface area contributed by atoms with E-state index in [0.29, 0.717) is 5.57 Å². The van der Waals surface area contributed by atoms with Gasteiger partial charge in [-0.1, -0.05) is 58.0 Å². The zero-order valence-corrected chi connectivity index (χ0v) is 16.5. The van der Waals surface area contributed by atoms with Crippen molar-refractivity contribution in [2.45, 2.75) is 54.7 Å². The van der Waals surface area contributed by atoms with Crippen LogP contribution in [0.15, 0.2) is 10.1 Å². The molecule has 1 N–H and O–H groups in total. The average Bonchev–Trinajstić information content (AvgIpc) is 2.38. The third kappa shape index (κ3) is 3.62. The molecule has 1 saturated heterocycles. The van der Waals surface area contributed by atoms with Crippen molar-refractivity contribution in [3.05, 3.63) is 10.1 Å². The first kappa shape index (κ1) is 20.4. The minimum Gasteiger partial charge on any atom is -0.458 e. The van der Waals surface area contributed by atoms with Crippen molar-refractivity contribution in [2.24, 2.45) is 5.41 Å². The van der Waals surface area contributed by atoms with Crippen molar-refractivity contribution in [1.82, 2.24) is 0 Å². The van der Waals surface area contributed by atoms with E-state index in [0.717, 1.165) is 0 Å². The Balaban J connectivity index is 2.45. The molecular weight excluding hydrogens is 425 g/mol. The fourth-order valence-electron chi connectivity index (χ4n) is 3.18. The Morgan fingerprint density at radius 3 is 2.38 bits per heavy atom. The maximum atomic E-state index is 12.5. The predicted octanol–water partition coefficient (Wildman–Crippen LogP) is 3.82. The zero-order chi connectivity index (χ0) is 18.5. The summed E-state index contributed by atoms with van der Waals surface area (Å²) in [6.45, 7) is 2.74. The van der Waals surface area contributed by atoms with Gasteiger partial charge in [0.05, 0.1) is 11.0 Å². The second-order valence-electron chi connectivity index (χ2n) is 6.27. The minimum absolute atomic E-state index is 0.0464. The van der Waals surface area contributed by atoms with E-state index in [2.05, 4.69) is 0 Å². The Morgan fingerprint density at radius 2 is 1.92 bits per heavy atom. The third-order valence-electron chi connectivity index (χ3n) is 4.62. The lowest BCUT2D eigenvalue weighted by Crippen LogP contribution is -2.64. The SMILES string of the molecule is CC(=O)O[C@H]1C[C@@]2(O)C[C@H](C(Cl)(Cl)Cl)OC(=O)[C@]2(C)CC1=C(Cl)Cl. The summed E-state index contributed by atoms with van der Waals surface area (Å²) >= 11 is 29.2. The first-order valence-electron chi connectivity index (χ1n) is 7.01.